The van der Waals surface area contributed by atoms with Crippen molar-refractivity contribution < 1.29 is 28.2 Å². The Balaban J connectivity index is 1.75. The highest BCUT2D eigenvalue weighted by Gasteiger charge is 2.38. The Morgan fingerprint density at radius 1 is 1.39 bits per heavy atom. The molecular weight excluding hydrogens is 540 g/mol. The predicted octanol–water partition coefficient (Wildman–Crippen LogP) is 3.27. The van der Waals surface area contributed by atoms with Gasteiger partial charge in [-0.05, 0) is 32.5 Å². The number of likely N-dealkylation sites (tertiary alicyclic amines) is 1. The highest BCUT2D eigenvalue weighted by molar-refractivity contribution is 7.11. The van der Waals surface area contributed by atoms with Gasteiger partial charge in [0.05, 0.1) is 18.7 Å². The molecule has 1 aromatic heterocycles. The molecule has 9 nitrogen and oxygen atoms in total. The van der Waals surface area contributed by atoms with Gasteiger partial charge in [-0.3, -0.25) is 19.6 Å². The van der Waals surface area contributed by atoms with Gasteiger partial charge in [0, 0.05) is 53.5 Å². The molecule has 2 aromatic rings. The maximum Gasteiger partial charge on any atom is 0.338 e. The number of aliphatic carboxylic acids is 1. The van der Waals surface area contributed by atoms with Gasteiger partial charge in [-0.15, -0.1) is 11.3 Å². The van der Waals surface area contributed by atoms with Crippen LogP contribution in [0.3, 0.4) is 0 Å². The average Bonchev–Trinajstić information content (AvgIpc) is 3.48. The zero-order valence-electron chi connectivity index (χ0n) is 20.9. The van der Waals surface area contributed by atoms with E-state index < -0.39 is 30.0 Å². The van der Waals surface area contributed by atoms with Crippen molar-refractivity contribution in [1.82, 2.24) is 20.1 Å². The number of rotatable bonds is 10. The number of alkyl halides is 1. The molecule has 204 valence electrons. The number of halogens is 3. The number of benzene rings is 1. The van der Waals surface area contributed by atoms with Gasteiger partial charge in [0.25, 0.3) is 0 Å². The van der Waals surface area contributed by atoms with Crippen LogP contribution in [0.5, 0.6) is 0 Å². The van der Waals surface area contributed by atoms with E-state index in [4.69, 9.17) is 26.4 Å². The number of carboxylic acid groups (broad SMARTS) is 1. The van der Waals surface area contributed by atoms with Crippen LogP contribution in [0.25, 0.3) is 0 Å². The van der Waals surface area contributed by atoms with Crippen LogP contribution in [0, 0.1) is 5.82 Å². The third-order valence-electron chi connectivity index (χ3n) is 6.28. The van der Waals surface area contributed by atoms with Crippen molar-refractivity contribution in [3.05, 3.63) is 62.5 Å². The normalized spacial score (nSPS) is 21.9. The average molecular weight is 568 g/mol. The number of ether oxygens (including phenoxy) is 1. The minimum absolute atomic E-state index is 0.0958. The number of thiazole rings is 1. The molecule has 1 aromatic carbocycles. The molecule has 0 saturated carbocycles. The summed E-state index contributed by atoms with van der Waals surface area (Å²) in [5, 5.41) is 14.8. The highest BCUT2D eigenvalue weighted by Crippen LogP contribution is 2.37. The first-order chi connectivity index (χ1) is 18.2. The van der Waals surface area contributed by atoms with E-state index in [2.05, 4.69) is 10.3 Å². The van der Waals surface area contributed by atoms with E-state index in [-0.39, 0.29) is 49.3 Å². The molecule has 0 spiro atoms. The van der Waals surface area contributed by atoms with Crippen molar-refractivity contribution in [2.75, 3.05) is 39.8 Å². The standard InChI is InChI=1S/C25H28ClF2N5O4S/c1-3-37-25(36)21-19(12-33-10-15(28)8-16(33)11-32(2)13-20(34)35)30-23(24-29-6-7-38-24)31-22(21)17-5-4-14(27)9-18(17)26/h4-7,9,15-16,22H,3,8,10-13H2,1-2H3,(H,30,31)(H,34,35)/t15?,16?,22-/m0/s1. The Bertz CT molecular complexity index is 1240. The summed E-state index contributed by atoms with van der Waals surface area (Å²) < 4.78 is 33.9. The van der Waals surface area contributed by atoms with Crippen LogP contribution in [0.15, 0.2) is 46.0 Å². The van der Waals surface area contributed by atoms with Crippen LogP contribution in [0.1, 0.15) is 30.0 Å². The maximum atomic E-state index is 14.6. The van der Waals surface area contributed by atoms with Gasteiger partial charge in [0.2, 0.25) is 0 Å². The maximum absolute atomic E-state index is 14.6. The van der Waals surface area contributed by atoms with E-state index in [1.807, 2.05) is 4.90 Å². The number of likely N-dealkylation sites (N-methyl/N-ethyl adjacent to an activating group) is 1. The third kappa shape index (κ3) is 6.55. The van der Waals surface area contributed by atoms with Crippen LogP contribution in [-0.4, -0.2) is 89.7 Å². The summed E-state index contributed by atoms with van der Waals surface area (Å²) in [6.45, 7) is 2.19. The zero-order chi connectivity index (χ0) is 27.4. The van der Waals surface area contributed by atoms with Gasteiger partial charge < -0.3 is 15.2 Å². The van der Waals surface area contributed by atoms with Gasteiger partial charge >= 0.3 is 11.9 Å². The molecule has 2 N–H and O–H groups in total. The summed E-state index contributed by atoms with van der Waals surface area (Å²) in [7, 11) is 1.67. The summed E-state index contributed by atoms with van der Waals surface area (Å²) in [4.78, 5) is 37.0. The predicted molar refractivity (Wildman–Crippen MR) is 140 cm³/mol. The second-order valence-corrected chi connectivity index (χ2v) is 10.4. The number of aromatic nitrogens is 1. The zero-order valence-corrected chi connectivity index (χ0v) is 22.4. The summed E-state index contributed by atoms with van der Waals surface area (Å²) >= 11 is 7.75. The molecule has 0 amide bonds. The van der Waals surface area contributed by atoms with Crippen LogP contribution >= 0.6 is 22.9 Å². The number of carbonyl (C=O) groups is 2. The lowest BCUT2D eigenvalue weighted by Crippen LogP contribution is -2.44. The minimum atomic E-state index is -1.11. The number of hydrogen-bond acceptors (Lipinski definition) is 9. The molecule has 2 unspecified atom stereocenters. The summed E-state index contributed by atoms with van der Waals surface area (Å²) in [5.74, 6) is -1.74. The number of carbonyl (C=O) groups excluding carboxylic acids is 1. The Kier molecular flexibility index (Phi) is 9.08. The van der Waals surface area contributed by atoms with E-state index >= 15 is 0 Å². The van der Waals surface area contributed by atoms with Gasteiger partial charge in [0.1, 0.15) is 18.0 Å². The molecule has 0 aliphatic carbocycles. The number of esters is 1. The summed E-state index contributed by atoms with van der Waals surface area (Å²) in [5.41, 5.74) is 1.03. The monoisotopic (exact) mass is 567 g/mol. The second kappa shape index (κ2) is 12.3. The lowest BCUT2D eigenvalue weighted by atomic mass is 9.95. The first kappa shape index (κ1) is 28.1. The first-order valence-corrected chi connectivity index (χ1v) is 13.3. The molecule has 4 rings (SSSR count). The van der Waals surface area contributed by atoms with Crippen molar-refractivity contribution >= 4 is 40.7 Å². The van der Waals surface area contributed by atoms with Crippen molar-refractivity contribution in [2.24, 2.45) is 4.99 Å². The molecule has 38 heavy (non-hydrogen) atoms. The molecular formula is C25H28ClF2N5O4S. The lowest BCUT2D eigenvalue weighted by Gasteiger charge is -2.32. The van der Waals surface area contributed by atoms with Crippen molar-refractivity contribution in [3.8, 4) is 0 Å². The first-order valence-electron chi connectivity index (χ1n) is 12.0. The molecule has 0 bridgehead atoms. The fourth-order valence-electron chi connectivity index (χ4n) is 4.73. The fraction of sp³-hybridized carbons (Fsp3) is 0.440. The highest BCUT2D eigenvalue weighted by atomic mass is 35.5. The molecule has 3 heterocycles. The molecule has 13 heteroatoms. The van der Waals surface area contributed by atoms with Crippen LogP contribution in [0.2, 0.25) is 5.02 Å². The third-order valence-corrected chi connectivity index (χ3v) is 7.39. The molecule has 1 saturated heterocycles. The van der Waals surface area contributed by atoms with Crippen LogP contribution in [0.4, 0.5) is 8.78 Å². The topological polar surface area (TPSA) is 107 Å². The lowest BCUT2D eigenvalue weighted by molar-refractivity contribution is -0.139. The number of hydrogen-bond donors (Lipinski definition) is 2. The number of nitrogens with one attached hydrogen (secondary N) is 1. The second-order valence-electron chi connectivity index (χ2n) is 9.13. The number of aliphatic imine (C=N–C) groups is 1. The summed E-state index contributed by atoms with van der Waals surface area (Å²) in [6.07, 6.45) is 0.742. The van der Waals surface area contributed by atoms with E-state index in [0.29, 0.717) is 28.6 Å². The molecule has 2 aliphatic rings. The van der Waals surface area contributed by atoms with E-state index in [1.54, 1.807) is 30.4 Å². The van der Waals surface area contributed by atoms with Crippen LogP contribution in [-0.2, 0) is 14.3 Å². The van der Waals surface area contributed by atoms with Crippen molar-refractivity contribution in [2.45, 2.75) is 31.6 Å². The number of carboxylic acids is 1. The molecule has 0 radical (unpaired) electrons. The molecule has 3 atom stereocenters. The Morgan fingerprint density at radius 2 is 2.18 bits per heavy atom. The van der Waals surface area contributed by atoms with Crippen molar-refractivity contribution in [1.29, 1.82) is 0 Å². The Morgan fingerprint density at radius 3 is 2.84 bits per heavy atom. The van der Waals surface area contributed by atoms with E-state index in [9.17, 15) is 18.4 Å². The van der Waals surface area contributed by atoms with Gasteiger partial charge in [-0.25, -0.2) is 18.6 Å². The van der Waals surface area contributed by atoms with E-state index in [0.717, 1.165) is 6.07 Å². The largest absolute Gasteiger partial charge is 0.480 e. The van der Waals surface area contributed by atoms with Crippen LogP contribution < -0.4 is 5.32 Å². The van der Waals surface area contributed by atoms with E-state index in [1.165, 1.54) is 23.5 Å². The minimum Gasteiger partial charge on any atom is -0.480 e. The fourth-order valence-corrected chi connectivity index (χ4v) is 5.59. The molecule has 1 fully saturated rings. The van der Waals surface area contributed by atoms with Gasteiger partial charge in [-0.2, -0.15) is 0 Å². The van der Waals surface area contributed by atoms with Gasteiger partial charge in [0.15, 0.2) is 10.8 Å². The van der Waals surface area contributed by atoms with Gasteiger partial charge in [-0.1, -0.05) is 17.7 Å². The Labute approximate surface area is 227 Å². The SMILES string of the molecule is CCOC(=O)C1=C(CN2CC(F)CC2CN(C)CC(=O)O)NC(c2nccs2)=N[C@H]1c1ccc(F)cc1Cl. The summed E-state index contributed by atoms with van der Waals surface area (Å²) in [6, 6.07) is 2.66. The van der Waals surface area contributed by atoms with Crippen molar-refractivity contribution in [3.63, 3.8) is 0 Å². The number of amidine groups is 1. The Hall–Kier alpha value is -2.93. The molecule has 2 aliphatic heterocycles. The number of nitrogens with zero attached hydrogens (tertiary/aromatic N) is 4. The quantitative estimate of drug-likeness (QED) is 0.421. The smallest absolute Gasteiger partial charge is 0.338 e.